The molecule has 8 nitrogen and oxygen atoms in total. The average molecular weight is 509 g/mol. The molecule has 1 N–H and O–H groups in total. The number of nitrogens with one attached hydrogen (secondary N) is 1. The molecule has 0 spiro atoms. The lowest BCUT2D eigenvalue weighted by atomic mass is 10.1. The number of methoxy groups -OCH3 is 1. The summed E-state index contributed by atoms with van der Waals surface area (Å²) in [5.41, 5.74) is 2.65. The van der Waals surface area contributed by atoms with Gasteiger partial charge in [0.05, 0.1) is 25.1 Å². The molecule has 37 heavy (non-hydrogen) atoms. The van der Waals surface area contributed by atoms with Crippen LogP contribution in [0.15, 0.2) is 48.5 Å². The summed E-state index contributed by atoms with van der Waals surface area (Å²) in [5, 5.41) is 7.52. The standard InChI is InChI=1S/C29H40N4O4/c1-7-10-17-36-28-18-24(37-20-21(4)33(8-2)9-3)15-16-25(28)30-29(34)27-19-26(31-32(27)5)22-11-13-23(35-6)14-12-22/h11-16,18-19,21H,7-10,17,20H2,1-6H3,(H,30,34). The number of carbonyl (C=O) groups excluding carboxylic acids is 1. The summed E-state index contributed by atoms with van der Waals surface area (Å²) in [4.78, 5) is 15.6. The molecule has 0 aliphatic carbocycles. The monoisotopic (exact) mass is 508 g/mol. The highest BCUT2D eigenvalue weighted by atomic mass is 16.5. The molecule has 1 unspecified atom stereocenters. The molecule has 1 heterocycles. The van der Waals surface area contributed by atoms with Gasteiger partial charge in [0.1, 0.15) is 29.5 Å². The number of carbonyl (C=O) groups is 1. The Bertz CT molecular complexity index is 1140. The van der Waals surface area contributed by atoms with Crippen LogP contribution in [0, 0.1) is 0 Å². The molecule has 0 saturated carbocycles. The van der Waals surface area contributed by atoms with Crippen molar-refractivity contribution in [3.63, 3.8) is 0 Å². The Morgan fingerprint density at radius 2 is 1.73 bits per heavy atom. The minimum Gasteiger partial charge on any atom is -0.497 e. The fourth-order valence-electron chi connectivity index (χ4n) is 4.08. The van der Waals surface area contributed by atoms with E-state index in [0.717, 1.165) is 37.2 Å². The second-order valence-corrected chi connectivity index (χ2v) is 8.96. The van der Waals surface area contributed by atoms with Gasteiger partial charge in [-0.15, -0.1) is 0 Å². The first-order chi connectivity index (χ1) is 17.9. The van der Waals surface area contributed by atoms with Gasteiger partial charge in [0.15, 0.2) is 0 Å². The lowest BCUT2D eigenvalue weighted by Gasteiger charge is -2.26. The van der Waals surface area contributed by atoms with Gasteiger partial charge in [-0.3, -0.25) is 14.4 Å². The Morgan fingerprint density at radius 3 is 2.38 bits per heavy atom. The quantitative estimate of drug-likeness (QED) is 0.284. The molecule has 8 heteroatoms. The van der Waals surface area contributed by atoms with E-state index >= 15 is 0 Å². The first kappa shape index (κ1) is 28.1. The van der Waals surface area contributed by atoms with Gasteiger partial charge in [-0.25, -0.2) is 0 Å². The molecule has 0 bridgehead atoms. The smallest absolute Gasteiger partial charge is 0.274 e. The molecule has 3 aromatic rings. The summed E-state index contributed by atoms with van der Waals surface area (Å²) in [6.07, 6.45) is 1.94. The number of rotatable bonds is 14. The molecule has 0 radical (unpaired) electrons. The Hall–Kier alpha value is -3.52. The Kier molecular flexibility index (Phi) is 10.4. The van der Waals surface area contributed by atoms with E-state index in [9.17, 15) is 4.79 Å². The van der Waals surface area contributed by atoms with Gasteiger partial charge in [0, 0.05) is 24.7 Å². The highest BCUT2D eigenvalue weighted by Crippen LogP contribution is 2.31. The second-order valence-electron chi connectivity index (χ2n) is 8.96. The summed E-state index contributed by atoms with van der Waals surface area (Å²) >= 11 is 0. The molecule has 2 aromatic carbocycles. The van der Waals surface area contributed by atoms with Crippen LogP contribution in [0.4, 0.5) is 5.69 Å². The van der Waals surface area contributed by atoms with Crippen molar-refractivity contribution in [2.45, 2.75) is 46.6 Å². The predicted molar refractivity (Wildman–Crippen MR) is 148 cm³/mol. The van der Waals surface area contributed by atoms with E-state index in [-0.39, 0.29) is 5.91 Å². The molecule has 1 atom stereocenters. The van der Waals surface area contributed by atoms with Crippen molar-refractivity contribution in [3.05, 3.63) is 54.2 Å². The molecule has 0 aliphatic rings. The predicted octanol–water partition coefficient (Wildman–Crippen LogP) is 5.64. The SMILES string of the molecule is CCCCOc1cc(OCC(C)N(CC)CC)ccc1NC(=O)c1cc(-c2ccc(OC)cc2)nn1C. The molecule has 1 aromatic heterocycles. The largest absolute Gasteiger partial charge is 0.497 e. The first-order valence-electron chi connectivity index (χ1n) is 13.0. The Labute approximate surface area is 220 Å². The fourth-order valence-corrected chi connectivity index (χ4v) is 4.08. The average Bonchev–Trinajstić information content (AvgIpc) is 3.31. The van der Waals surface area contributed by atoms with E-state index in [1.807, 2.05) is 42.5 Å². The number of nitrogens with zero attached hydrogens (tertiary/aromatic N) is 3. The van der Waals surface area contributed by atoms with Gasteiger partial charge >= 0.3 is 0 Å². The fraction of sp³-hybridized carbons (Fsp3) is 0.448. The number of aryl methyl sites for hydroxylation is 1. The Balaban J connectivity index is 1.76. The van der Waals surface area contributed by atoms with Crippen LogP contribution in [0.1, 0.15) is 51.0 Å². The van der Waals surface area contributed by atoms with Crippen molar-refractivity contribution in [1.29, 1.82) is 0 Å². The number of likely N-dealkylation sites (N-methyl/N-ethyl adjacent to an activating group) is 1. The minimum atomic E-state index is -0.265. The zero-order valence-corrected chi connectivity index (χ0v) is 22.9. The van der Waals surface area contributed by atoms with Crippen molar-refractivity contribution >= 4 is 11.6 Å². The summed E-state index contributed by atoms with van der Waals surface area (Å²) in [5.74, 6) is 1.81. The van der Waals surface area contributed by atoms with E-state index in [2.05, 4.69) is 43.0 Å². The zero-order chi connectivity index (χ0) is 26.8. The zero-order valence-electron chi connectivity index (χ0n) is 22.9. The number of hydrogen-bond acceptors (Lipinski definition) is 6. The van der Waals surface area contributed by atoms with Gasteiger partial charge in [-0.05, 0) is 68.9 Å². The maximum atomic E-state index is 13.2. The molecular formula is C29H40N4O4. The van der Waals surface area contributed by atoms with Crippen LogP contribution >= 0.6 is 0 Å². The number of hydrogen-bond donors (Lipinski definition) is 1. The van der Waals surface area contributed by atoms with E-state index in [0.29, 0.717) is 47.8 Å². The van der Waals surface area contributed by atoms with Crippen LogP contribution < -0.4 is 19.5 Å². The van der Waals surface area contributed by atoms with Crippen molar-refractivity contribution in [2.24, 2.45) is 7.05 Å². The molecule has 3 rings (SSSR count). The maximum Gasteiger partial charge on any atom is 0.274 e. The van der Waals surface area contributed by atoms with E-state index in [4.69, 9.17) is 14.2 Å². The van der Waals surface area contributed by atoms with Crippen LogP contribution in [-0.4, -0.2) is 60.0 Å². The highest BCUT2D eigenvalue weighted by Gasteiger charge is 2.18. The number of anilines is 1. The Morgan fingerprint density at radius 1 is 1.03 bits per heavy atom. The van der Waals surface area contributed by atoms with Crippen LogP contribution in [0.2, 0.25) is 0 Å². The molecule has 0 saturated heterocycles. The van der Waals surface area contributed by atoms with Crippen molar-refractivity contribution < 1.29 is 19.0 Å². The third kappa shape index (κ3) is 7.49. The van der Waals surface area contributed by atoms with Gasteiger partial charge in [0.25, 0.3) is 5.91 Å². The lowest BCUT2D eigenvalue weighted by molar-refractivity contribution is 0.101. The number of ether oxygens (including phenoxy) is 3. The van der Waals surface area contributed by atoms with Gasteiger partial charge in [0.2, 0.25) is 0 Å². The van der Waals surface area contributed by atoms with E-state index in [1.54, 1.807) is 24.9 Å². The van der Waals surface area contributed by atoms with E-state index in [1.165, 1.54) is 0 Å². The molecule has 0 aliphatic heterocycles. The first-order valence-corrected chi connectivity index (χ1v) is 13.0. The third-order valence-corrected chi connectivity index (χ3v) is 6.38. The minimum absolute atomic E-state index is 0.265. The molecule has 1 amide bonds. The molecule has 200 valence electrons. The van der Waals surface area contributed by atoms with Gasteiger partial charge < -0.3 is 19.5 Å². The summed E-state index contributed by atoms with van der Waals surface area (Å²) in [6.45, 7) is 11.7. The number of unbranched alkanes of at least 4 members (excludes halogenated alkanes) is 1. The lowest BCUT2D eigenvalue weighted by Crippen LogP contribution is -2.36. The normalized spacial score (nSPS) is 11.9. The van der Waals surface area contributed by atoms with Gasteiger partial charge in [-0.2, -0.15) is 5.10 Å². The van der Waals surface area contributed by atoms with Crippen LogP contribution in [0.3, 0.4) is 0 Å². The second kappa shape index (κ2) is 13.7. The summed E-state index contributed by atoms with van der Waals surface area (Å²) in [6, 6.07) is 15.2. The maximum absolute atomic E-state index is 13.2. The van der Waals surface area contributed by atoms with Gasteiger partial charge in [-0.1, -0.05) is 27.2 Å². The van der Waals surface area contributed by atoms with Crippen molar-refractivity contribution in [2.75, 3.05) is 38.7 Å². The molecule has 0 fully saturated rings. The topological polar surface area (TPSA) is 77.8 Å². The number of aromatic nitrogens is 2. The summed E-state index contributed by atoms with van der Waals surface area (Å²) < 4.78 is 18.9. The van der Waals surface area contributed by atoms with Crippen LogP contribution in [-0.2, 0) is 7.05 Å². The van der Waals surface area contributed by atoms with Crippen molar-refractivity contribution in [1.82, 2.24) is 14.7 Å². The van der Waals surface area contributed by atoms with E-state index < -0.39 is 0 Å². The number of amides is 1. The van der Waals surface area contributed by atoms with Crippen LogP contribution in [0.25, 0.3) is 11.3 Å². The van der Waals surface area contributed by atoms with Crippen molar-refractivity contribution in [3.8, 4) is 28.5 Å². The number of benzene rings is 2. The van der Waals surface area contributed by atoms with Crippen LogP contribution in [0.5, 0.6) is 17.2 Å². The third-order valence-electron chi connectivity index (χ3n) is 6.38. The highest BCUT2D eigenvalue weighted by molar-refractivity contribution is 6.04. The summed E-state index contributed by atoms with van der Waals surface area (Å²) in [7, 11) is 3.39. The molecular weight excluding hydrogens is 468 g/mol.